The zero-order chi connectivity index (χ0) is 18.1. The summed E-state index contributed by atoms with van der Waals surface area (Å²) in [5.41, 5.74) is 3.86. The van der Waals surface area contributed by atoms with Gasteiger partial charge in [0, 0.05) is 10.7 Å². The highest BCUT2D eigenvalue weighted by molar-refractivity contribution is 6.30. The summed E-state index contributed by atoms with van der Waals surface area (Å²) >= 11 is 6.10. The van der Waals surface area contributed by atoms with Crippen molar-refractivity contribution in [3.63, 3.8) is 0 Å². The first-order valence-electron chi connectivity index (χ1n) is 8.43. The van der Waals surface area contributed by atoms with E-state index in [1.165, 1.54) is 11.9 Å². The van der Waals surface area contributed by atoms with Crippen LogP contribution in [-0.4, -0.2) is 19.7 Å². The summed E-state index contributed by atoms with van der Waals surface area (Å²) in [6.45, 7) is 4.36. The van der Waals surface area contributed by atoms with E-state index in [1.807, 2.05) is 24.3 Å². The lowest BCUT2D eigenvalue weighted by atomic mass is 10.0. The van der Waals surface area contributed by atoms with Crippen molar-refractivity contribution in [3.05, 3.63) is 71.6 Å². The fourth-order valence-corrected chi connectivity index (χ4v) is 3.01. The van der Waals surface area contributed by atoms with Crippen molar-refractivity contribution in [2.45, 2.75) is 19.8 Å². The van der Waals surface area contributed by atoms with Crippen LogP contribution in [0.4, 0.5) is 11.5 Å². The maximum absolute atomic E-state index is 6.10. The van der Waals surface area contributed by atoms with E-state index in [0.29, 0.717) is 10.9 Å². The molecular formula is C20H18ClN5. The summed E-state index contributed by atoms with van der Waals surface area (Å²) < 4.78 is 1.76. The van der Waals surface area contributed by atoms with Crippen molar-refractivity contribution in [1.29, 1.82) is 0 Å². The largest absolute Gasteiger partial charge is 0.340 e. The first-order chi connectivity index (χ1) is 12.6. The Kier molecular flexibility index (Phi) is 4.31. The average molecular weight is 364 g/mol. The van der Waals surface area contributed by atoms with Crippen LogP contribution in [0.25, 0.3) is 16.7 Å². The van der Waals surface area contributed by atoms with Crippen LogP contribution in [0, 0.1) is 0 Å². The number of hydrogen-bond acceptors (Lipinski definition) is 4. The van der Waals surface area contributed by atoms with E-state index in [0.717, 1.165) is 28.2 Å². The van der Waals surface area contributed by atoms with Gasteiger partial charge < -0.3 is 5.32 Å². The SMILES string of the molecule is CC(C)c1ccc(Nc2ncnc3c2cnn3-c2cccc(Cl)c2)cc1. The Morgan fingerprint density at radius 3 is 2.58 bits per heavy atom. The molecule has 0 saturated heterocycles. The smallest absolute Gasteiger partial charge is 0.168 e. The summed E-state index contributed by atoms with van der Waals surface area (Å²) in [5.74, 6) is 1.23. The number of rotatable bonds is 4. The molecular weight excluding hydrogens is 346 g/mol. The van der Waals surface area contributed by atoms with Crippen LogP contribution in [0.5, 0.6) is 0 Å². The highest BCUT2D eigenvalue weighted by atomic mass is 35.5. The molecule has 0 atom stereocenters. The van der Waals surface area contributed by atoms with Crippen LogP contribution in [0.2, 0.25) is 5.02 Å². The van der Waals surface area contributed by atoms with Gasteiger partial charge in [0.1, 0.15) is 12.1 Å². The van der Waals surface area contributed by atoms with Gasteiger partial charge in [-0.3, -0.25) is 0 Å². The van der Waals surface area contributed by atoms with E-state index in [9.17, 15) is 0 Å². The third-order valence-electron chi connectivity index (χ3n) is 4.26. The maximum atomic E-state index is 6.10. The normalized spacial score (nSPS) is 11.2. The molecule has 0 spiro atoms. The van der Waals surface area contributed by atoms with E-state index in [2.05, 4.69) is 58.5 Å². The zero-order valence-corrected chi connectivity index (χ0v) is 15.3. The molecule has 2 aromatic carbocycles. The van der Waals surface area contributed by atoms with Crippen molar-refractivity contribution in [3.8, 4) is 5.69 Å². The number of anilines is 2. The Morgan fingerprint density at radius 2 is 1.85 bits per heavy atom. The van der Waals surface area contributed by atoms with Gasteiger partial charge in [-0.25, -0.2) is 14.6 Å². The number of fused-ring (bicyclic) bond motifs is 1. The number of aromatic nitrogens is 4. The summed E-state index contributed by atoms with van der Waals surface area (Å²) in [6.07, 6.45) is 3.30. The number of nitrogens with zero attached hydrogens (tertiary/aromatic N) is 4. The Morgan fingerprint density at radius 1 is 1.04 bits per heavy atom. The highest BCUT2D eigenvalue weighted by Gasteiger charge is 2.11. The van der Waals surface area contributed by atoms with Gasteiger partial charge in [-0.1, -0.05) is 43.6 Å². The Labute approximate surface area is 156 Å². The molecule has 0 radical (unpaired) electrons. The lowest BCUT2D eigenvalue weighted by molar-refractivity contribution is 0.867. The fourth-order valence-electron chi connectivity index (χ4n) is 2.83. The minimum absolute atomic E-state index is 0.505. The first kappa shape index (κ1) is 16.5. The number of halogens is 1. The molecule has 5 nitrogen and oxygen atoms in total. The van der Waals surface area contributed by atoms with Crippen molar-refractivity contribution in [2.24, 2.45) is 0 Å². The maximum Gasteiger partial charge on any atom is 0.168 e. The van der Waals surface area contributed by atoms with Crippen LogP contribution in [-0.2, 0) is 0 Å². The molecule has 0 fully saturated rings. The fraction of sp³-hybridized carbons (Fsp3) is 0.150. The predicted molar refractivity (Wildman–Crippen MR) is 105 cm³/mol. The molecule has 0 unspecified atom stereocenters. The molecule has 4 rings (SSSR count). The lowest BCUT2D eigenvalue weighted by Gasteiger charge is -2.09. The third kappa shape index (κ3) is 3.13. The molecule has 130 valence electrons. The molecule has 0 bridgehead atoms. The Balaban J connectivity index is 1.71. The monoisotopic (exact) mass is 363 g/mol. The Bertz CT molecular complexity index is 1050. The van der Waals surface area contributed by atoms with Crippen molar-refractivity contribution >= 4 is 34.1 Å². The van der Waals surface area contributed by atoms with Crippen LogP contribution in [0.3, 0.4) is 0 Å². The zero-order valence-electron chi connectivity index (χ0n) is 14.5. The van der Waals surface area contributed by atoms with Crippen LogP contribution in [0.1, 0.15) is 25.3 Å². The van der Waals surface area contributed by atoms with Gasteiger partial charge in [-0.15, -0.1) is 0 Å². The van der Waals surface area contributed by atoms with Gasteiger partial charge in [-0.05, 0) is 41.8 Å². The molecule has 0 aliphatic rings. The minimum atomic E-state index is 0.505. The molecule has 4 aromatic rings. The molecule has 6 heteroatoms. The number of hydrogen-bond donors (Lipinski definition) is 1. The van der Waals surface area contributed by atoms with E-state index in [-0.39, 0.29) is 0 Å². The van der Waals surface area contributed by atoms with Gasteiger partial charge in [0.2, 0.25) is 0 Å². The third-order valence-corrected chi connectivity index (χ3v) is 4.49. The van der Waals surface area contributed by atoms with Crippen molar-refractivity contribution < 1.29 is 0 Å². The van der Waals surface area contributed by atoms with E-state index < -0.39 is 0 Å². The lowest BCUT2D eigenvalue weighted by Crippen LogP contribution is -1.99. The van der Waals surface area contributed by atoms with Crippen molar-refractivity contribution in [1.82, 2.24) is 19.7 Å². The van der Waals surface area contributed by atoms with E-state index >= 15 is 0 Å². The highest BCUT2D eigenvalue weighted by Crippen LogP contribution is 2.26. The summed E-state index contributed by atoms with van der Waals surface area (Å²) in [7, 11) is 0. The predicted octanol–water partition coefficient (Wildman–Crippen LogP) is 5.34. The topological polar surface area (TPSA) is 55.6 Å². The summed E-state index contributed by atoms with van der Waals surface area (Å²) in [6, 6.07) is 15.9. The summed E-state index contributed by atoms with van der Waals surface area (Å²) in [4.78, 5) is 8.78. The van der Waals surface area contributed by atoms with Crippen LogP contribution < -0.4 is 5.32 Å². The molecule has 0 saturated carbocycles. The molecule has 1 N–H and O–H groups in total. The number of benzene rings is 2. The molecule has 2 aromatic heterocycles. The van der Waals surface area contributed by atoms with Gasteiger partial charge >= 0.3 is 0 Å². The van der Waals surface area contributed by atoms with E-state index in [4.69, 9.17) is 11.6 Å². The van der Waals surface area contributed by atoms with Crippen LogP contribution >= 0.6 is 11.6 Å². The van der Waals surface area contributed by atoms with Gasteiger partial charge in [0.25, 0.3) is 0 Å². The van der Waals surface area contributed by atoms with Gasteiger partial charge in [-0.2, -0.15) is 5.10 Å². The van der Waals surface area contributed by atoms with Gasteiger partial charge in [0.15, 0.2) is 5.65 Å². The molecule has 0 aliphatic heterocycles. The first-order valence-corrected chi connectivity index (χ1v) is 8.81. The quantitative estimate of drug-likeness (QED) is 0.532. The number of nitrogens with one attached hydrogen (secondary N) is 1. The van der Waals surface area contributed by atoms with Gasteiger partial charge in [0.05, 0.1) is 17.3 Å². The molecule has 0 amide bonds. The van der Waals surface area contributed by atoms with Crippen molar-refractivity contribution in [2.75, 3.05) is 5.32 Å². The molecule has 26 heavy (non-hydrogen) atoms. The second-order valence-corrected chi connectivity index (χ2v) is 6.83. The minimum Gasteiger partial charge on any atom is -0.340 e. The molecule has 2 heterocycles. The molecule has 0 aliphatic carbocycles. The Hall–Kier alpha value is -2.92. The summed E-state index contributed by atoms with van der Waals surface area (Å²) in [5, 5.41) is 9.32. The second kappa shape index (κ2) is 6.77. The van der Waals surface area contributed by atoms with E-state index in [1.54, 1.807) is 10.9 Å². The average Bonchev–Trinajstić information content (AvgIpc) is 3.07. The standard InChI is InChI=1S/C20H18ClN5/c1-13(2)14-6-8-16(9-7-14)25-19-18-11-24-26(20(18)23-12-22-19)17-5-3-4-15(21)10-17/h3-13H,1-2H3,(H,22,23,25). The second-order valence-electron chi connectivity index (χ2n) is 6.40. The van der Waals surface area contributed by atoms with Crippen LogP contribution in [0.15, 0.2) is 61.1 Å².